The fourth-order valence-electron chi connectivity index (χ4n) is 3.07. The number of carbonyl (C=O) groups is 1. The van der Waals surface area contributed by atoms with Crippen LogP contribution in [0.4, 0.5) is 5.69 Å². The van der Waals surface area contributed by atoms with Crippen LogP contribution >= 0.6 is 27.7 Å². The van der Waals surface area contributed by atoms with Gasteiger partial charge in [-0.25, -0.2) is 0 Å². The van der Waals surface area contributed by atoms with Crippen molar-refractivity contribution in [2.45, 2.75) is 32.2 Å². The quantitative estimate of drug-likeness (QED) is 0.285. The minimum atomic E-state index is -0.130. The third kappa shape index (κ3) is 6.27. The maximum atomic E-state index is 12.5. The SMILES string of the molecule is Cc1ccc(OCc2nnc(SCC(=O)Nc3ccc(C)cc3Br)n2Cc2ccco2)cc1. The van der Waals surface area contributed by atoms with Gasteiger partial charge < -0.3 is 14.5 Å². The van der Waals surface area contributed by atoms with E-state index >= 15 is 0 Å². The summed E-state index contributed by atoms with van der Waals surface area (Å²) in [6.07, 6.45) is 1.63. The Kier molecular flexibility index (Phi) is 7.51. The summed E-state index contributed by atoms with van der Waals surface area (Å²) in [6.45, 7) is 4.72. The summed E-state index contributed by atoms with van der Waals surface area (Å²) in [5, 5.41) is 12.1. The van der Waals surface area contributed by atoms with Crippen molar-refractivity contribution in [1.29, 1.82) is 0 Å². The number of hydrogen-bond acceptors (Lipinski definition) is 6. The van der Waals surface area contributed by atoms with E-state index < -0.39 is 0 Å². The molecule has 1 N–H and O–H groups in total. The Hall–Kier alpha value is -3.04. The van der Waals surface area contributed by atoms with Gasteiger partial charge in [-0.2, -0.15) is 0 Å². The molecule has 0 saturated carbocycles. The number of benzene rings is 2. The molecule has 1 amide bonds. The maximum absolute atomic E-state index is 12.5. The number of amides is 1. The molecular formula is C24H23BrN4O3S. The van der Waals surface area contributed by atoms with E-state index in [0.717, 1.165) is 32.8 Å². The molecule has 33 heavy (non-hydrogen) atoms. The van der Waals surface area contributed by atoms with E-state index in [1.54, 1.807) is 6.26 Å². The topological polar surface area (TPSA) is 82.2 Å². The van der Waals surface area contributed by atoms with Crippen LogP contribution in [0.3, 0.4) is 0 Å². The highest BCUT2D eigenvalue weighted by atomic mass is 79.9. The Morgan fingerprint density at radius 1 is 1.12 bits per heavy atom. The van der Waals surface area contributed by atoms with Crippen LogP contribution < -0.4 is 10.1 Å². The molecule has 0 saturated heterocycles. The predicted octanol–water partition coefficient (Wildman–Crippen LogP) is 5.61. The zero-order valence-corrected chi connectivity index (χ0v) is 20.6. The molecule has 0 atom stereocenters. The van der Waals surface area contributed by atoms with Crippen molar-refractivity contribution in [2.75, 3.05) is 11.1 Å². The van der Waals surface area contributed by atoms with Crippen molar-refractivity contribution in [2.24, 2.45) is 0 Å². The molecule has 2 aromatic carbocycles. The lowest BCUT2D eigenvalue weighted by Crippen LogP contribution is -2.15. The molecule has 0 spiro atoms. The van der Waals surface area contributed by atoms with Gasteiger partial charge >= 0.3 is 0 Å². The lowest BCUT2D eigenvalue weighted by molar-refractivity contribution is -0.113. The van der Waals surface area contributed by atoms with Crippen LogP contribution in [-0.2, 0) is 17.9 Å². The first-order valence-corrected chi connectivity index (χ1v) is 12.1. The average molecular weight is 527 g/mol. The smallest absolute Gasteiger partial charge is 0.234 e. The lowest BCUT2D eigenvalue weighted by atomic mass is 10.2. The number of furan rings is 1. The fourth-order valence-corrected chi connectivity index (χ4v) is 4.42. The molecule has 0 aliphatic heterocycles. The van der Waals surface area contributed by atoms with Gasteiger partial charge in [0.25, 0.3) is 0 Å². The highest BCUT2D eigenvalue weighted by Gasteiger charge is 2.17. The van der Waals surface area contributed by atoms with Crippen LogP contribution in [0.25, 0.3) is 0 Å². The van der Waals surface area contributed by atoms with E-state index in [1.165, 1.54) is 11.8 Å². The molecule has 9 heteroatoms. The number of halogens is 1. The van der Waals surface area contributed by atoms with Gasteiger partial charge in [-0.1, -0.05) is 35.5 Å². The molecule has 0 bridgehead atoms. The monoisotopic (exact) mass is 526 g/mol. The van der Waals surface area contributed by atoms with Crippen LogP contribution in [0.1, 0.15) is 22.7 Å². The summed E-state index contributed by atoms with van der Waals surface area (Å²) in [5.74, 6) is 2.23. The summed E-state index contributed by atoms with van der Waals surface area (Å²) < 4.78 is 14.2. The fraction of sp³-hybridized carbons (Fsp3) is 0.208. The van der Waals surface area contributed by atoms with Gasteiger partial charge in [0.1, 0.15) is 18.1 Å². The molecule has 7 nitrogen and oxygen atoms in total. The van der Waals surface area contributed by atoms with Gasteiger partial charge in [-0.3, -0.25) is 9.36 Å². The number of aryl methyl sites for hydroxylation is 2. The summed E-state index contributed by atoms with van der Waals surface area (Å²) >= 11 is 4.80. The highest BCUT2D eigenvalue weighted by molar-refractivity contribution is 9.10. The second-order valence-electron chi connectivity index (χ2n) is 7.49. The normalized spacial score (nSPS) is 10.9. The number of anilines is 1. The predicted molar refractivity (Wildman–Crippen MR) is 132 cm³/mol. The Labute approximate surface area is 204 Å². The Balaban J connectivity index is 1.44. The minimum Gasteiger partial charge on any atom is -0.486 e. The third-order valence-electron chi connectivity index (χ3n) is 4.81. The molecule has 2 heterocycles. The Morgan fingerprint density at radius 3 is 2.64 bits per heavy atom. The van der Waals surface area contributed by atoms with E-state index in [2.05, 4.69) is 31.4 Å². The number of thioether (sulfide) groups is 1. The van der Waals surface area contributed by atoms with Crippen molar-refractivity contribution < 1.29 is 13.9 Å². The number of ether oxygens (including phenoxy) is 1. The van der Waals surface area contributed by atoms with Crippen LogP contribution in [0.5, 0.6) is 5.75 Å². The van der Waals surface area contributed by atoms with Crippen molar-refractivity contribution >= 4 is 39.3 Å². The standard InChI is InChI=1S/C24H23BrN4O3S/c1-16-5-8-18(9-6-16)32-14-22-27-28-24(29(22)13-19-4-3-11-31-19)33-15-23(30)26-21-10-7-17(2)12-20(21)25/h3-12H,13-15H2,1-2H3,(H,26,30). The second kappa shape index (κ2) is 10.7. The summed E-state index contributed by atoms with van der Waals surface area (Å²) in [7, 11) is 0. The van der Waals surface area contributed by atoms with Crippen molar-refractivity contribution in [3.63, 3.8) is 0 Å². The second-order valence-corrected chi connectivity index (χ2v) is 9.28. The zero-order valence-electron chi connectivity index (χ0n) is 18.2. The number of nitrogens with one attached hydrogen (secondary N) is 1. The highest BCUT2D eigenvalue weighted by Crippen LogP contribution is 2.25. The number of aromatic nitrogens is 3. The number of carbonyl (C=O) groups excluding carboxylic acids is 1. The van der Waals surface area contributed by atoms with Crippen LogP contribution in [0.15, 0.2) is 74.9 Å². The minimum absolute atomic E-state index is 0.130. The van der Waals surface area contributed by atoms with E-state index in [0.29, 0.717) is 17.5 Å². The molecule has 2 aromatic heterocycles. The summed E-state index contributed by atoms with van der Waals surface area (Å²) in [6, 6.07) is 17.4. The number of hydrogen-bond donors (Lipinski definition) is 1. The van der Waals surface area contributed by atoms with Crippen molar-refractivity contribution in [1.82, 2.24) is 14.8 Å². The summed E-state index contributed by atoms with van der Waals surface area (Å²) in [4.78, 5) is 12.5. The van der Waals surface area contributed by atoms with Gasteiger partial charge in [0.2, 0.25) is 5.91 Å². The lowest BCUT2D eigenvalue weighted by Gasteiger charge is -2.11. The molecule has 0 aliphatic carbocycles. The largest absolute Gasteiger partial charge is 0.486 e. The van der Waals surface area contributed by atoms with E-state index in [9.17, 15) is 4.79 Å². The molecule has 4 aromatic rings. The van der Waals surface area contributed by atoms with Gasteiger partial charge in [-0.05, 0) is 71.7 Å². The van der Waals surface area contributed by atoms with E-state index in [-0.39, 0.29) is 18.3 Å². The number of nitrogens with zero attached hydrogens (tertiary/aromatic N) is 3. The molecule has 0 radical (unpaired) electrons. The van der Waals surface area contributed by atoms with Crippen LogP contribution in [0, 0.1) is 13.8 Å². The summed E-state index contributed by atoms with van der Waals surface area (Å²) in [5.41, 5.74) is 3.01. The maximum Gasteiger partial charge on any atom is 0.234 e. The Morgan fingerprint density at radius 2 is 1.91 bits per heavy atom. The molecule has 4 rings (SSSR count). The average Bonchev–Trinajstić information content (AvgIpc) is 3.44. The first kappa shape index (κ1) is 23.1. The third-order valence-corrected chi connectivity index (χ3v) is 6.43. The van der Waals surface area contributed by atoms with Crippen LogP contribution in [-0.4, -0.2) is 26.4 Å². The zero-order chi connectivity index (χ0) is 23.2. The molecule has 0 aliphatic rings. The first-order valence-electron chi connectivity index (χ1n) is 10.3. The van der Waals surface area contributed by atoms with Crippen LogP contribution in [0.2, 0.25) is 0 Å². The number of rotatable bonds is 9. The molecule has 170 valence electrons. The van der Waals surface area contributed by atoms with Crippen molar-refractivity contribution in [3.8, 4) is 5.75 Å². The Bertz CT molecular complexity index is 1220. The van der Waals surface area contributed by atoms with Gasteiger partial charge in [-0.15, -0.1) is 10.2 Å². The molecule has 0 fully saturated rings. The molecule has 0 unspecified atom stereocenters. The van der Waals surface area contributed by atoms with Crippen molar-refractivity contribution in [3.05, 3.63) is 88.0 Å². The van der Waals surface area contributed by atoms with E-state index in [1.807, 2.05) is 73.0 Å². The van der Waals surface area contributed by atoms with E-state index in [4.69, 9.17) is 9.15 Å². The molecular weight excluding hydrogens is 504 g/mol. The van der Waals surface area contributed by atoms with Gasteiger partial charge in [0.05, 0.1) is 24.2 Å². The first-order chi connectivity index (χ1) is 16.0. The van der Waals surface area contributed by atoms with Gasteiger partial charge in [0.15, 0.2) is 11.0 Å². The van der Waals surface area contributed by atoms with Gasteiger partial charge in [0, 0.05) is 4.47 Å².